The van der Waals surface area contributed by atoms with Gasteiger partial charge in [0, 0.05) is 5.69 Å². The summed E-state index contributed by atoms with van der Waals surface area (Å²) in [5.41, 5.74) is 8.54. The SMILES string of the molecule is CCc1cc(CC)n(-c2cccc(F)c2N)n1. The van der Waals surface area contributed by atoms with Gasteiger partial charge in [-0.2, -0.15) is 5.10 Å². The molecule has 0 radical (unpaired) electrons. The van der Waals surface area contributed by atoms with Gasteiger partial charge in [-0.1, -0.05) is 19.9 Å². The monoisotopic (exact) mass is 233 g/mol. The first kappa shape index (κ1) is 11.6. The van der Waals surface area contributed by atoms with Crippen molar-refractivity contribution in [2.75, 3.05) is 5.73 Å². The highest BCUT2D eigenvalue weighted by molar-refractivity contribution is 5.58. The van der Waals surface area contributed by atoms with Gasteiger partial charge >= 0.3 is 0 Å². The molecule has 0 amide bonds. The summed E-state index contributed by atoms with van der Waals surface area (Å²) in [6.45, 7) is 4.09. The fourth-order valence-corrected chi connectivity index (χ4v) is 1.82. The fraction of sp³-hybridized carbons (Fsp3) is 0.308. The van der Waals surface area contributed by atoms with E-state index in [2.05, 4.69) is 5.10 Å². The summed E-state index contributed by atoms with van der Waals surface area (Å²) in [5, 5.41) is 4.44. The standard InChI is InChI=1S/C13H16FN3/c1-3-9-8-10(4-2)17(16-9)12-7-5-6-11(14)13(12)15/h5-8H,3-4,15H2,1-2H3. The normalized spacial score (nSPS) is 10.8. The third-order valence-corrected chi connectivity index (χ3v) is 2.82. The number of nitrogens with zero attached hydrogens (tertiary/aromatic N) is 2. The minimum Gasteiger partial charge on any atom is -0.395 e. The molecule has 2 rings (SSSR count). The van der Waals surface area contributed by atoms with Gasteiger partial charge in [-0.3, -0.25) is 0 Å². The zero-order valence-electron chi connectivity index (χ0n) is 10.1. The van der Waals surface area contributed by atoms with Gasteiger partial charge in [0.25, 0.3) is 0 Å². The van der Waals surface area contributed by atoms with Crippen molar-refractivity contribution in [1.29, 1.82) is 0 Å². The van der Waals surface area contributed by atoms with Crippen LogP contribution in [-0.4, -0.2) is 9.78 Å². The van der Waals surface area contributed by atoms with E-state index in [1.165, 1.54) is 6.07 Å². The van der Waals surface area contributed by atoms with Gasteiger partial charge in [-0.15, -0.1) is 0 Å². The number of aryl methyl sites for hydroxylation is 2. The summed E-state index contributed by atoms with van der Waals surface area (Å²) in [5.74, 6) is -0.405. The molecular weight excluding hydrogens is 217 g/mol. The fourth-order valence-electron chi connectivity index (χ4n) is 1.82. The van der Waals surface area contributed by atoms with Gasteiger partial charge in [-0.05, 0) is 31.0 Å². The third kappa shape index (κ3) is 2.02. The van der Waals surface area contributed by atoms with Gasteiger partial charge in [-0.25, -0.2) is 9.07 Å². The average Bonchev–Trinajstić information content (AvgIpc) is 2.76. The highest BCUT2D eigenvalue weighted by atomic mass is 19.1. The molecule has 4 heteroatoms. The molecule has 0 aliphatic heterocycles. The summed E-state index contributed by atoms with van der Waals surface area (Å²) in [4.78, 5) is 0. The first-order chi connectivity index (χ1) is 8.17. The number of halogens is 1. The number of rotatable bonds is 3. The van der Waals surface area contributed by atoms with Crippen molar-refractivity contribution in [2.24, 2.45) is 0 Å². The lowest BCUT2D eigenvalue weighted by atomic mass is 10.2. The molecular formula is C13H16FN3. The number of hydrogen-bond acceptors (Lipinski definition) is 2. The molecule has 1 aromatic heterocycles. The van der Waals surface area contributed by atoms with Crippen LogP contribution in [0, 0.1) is 5.82 Å². The lowest BCUT2D eigenvalue weighted by molar-refractivity contribution is 0.629. The van der Waals surface area contributed by atoms with Crippen molar-refractivity contribution in [3.05, 3.63) is 41.5 Å². The number of nitrogen functional groups attached to an aromatic ring is 1. The summed E-state index contributed by atoms with van der Waals surface area (Å²) in [7, 11) is 0. The number of anilines is 1. The quantitative estimate of drug-likeness (QED) is 0.828. The van der Waals surface area contributed by atoms with Gasteiger partial charge in [0.15, 0.2) is 0 Å². The van der Waals surface area contributed by atoms with Crippen LogP contribution in [0.5, 0.6) is 0 Å². The highest BCUT2D eigenvalue weighted by Crippen LogP contribution is 2.22. The van der Waals surface area contributed by atoms with Crippen molar-refractivity contribution in [3.63, 3.8) is 0 Å². The van der Waals surface area contributed by atoms with E-state index in [-0.39, 0.29) is 5.69 Å². The molecule has 1 heterocycles. The molecule has 0 spiro atoms. The second-order valence-corrected chi connectivity index (χ2v) is 3.92. The first-order valence-corrected chi connectivity index (χ1v) is 5.79. The van der Waals surface area contributed by atoms with Crippen LogP contribution in [0.3, 0.4) is 0 Å². The Morgan fingerprint density at radius 1 is 1.29 bits per heavy atom. The number of hydrogen-bond donors (Lipinski definition) is 1. The van der Waals surface area contributed by atoms with Crippen molar-refractivity contribution < 1.29 is 4.39 Å². The van der Waals surface area contributed by atoms with Gasteiger partial charge in [0.2, 0.25) is 0 Å². The van der Waals surface area contributed by atoms with E-state index < -0.39 is 5.82 Å². The Morgan fingerprint density at radius 3 is 2.71 bits per heavy atom. The van der Waals surface area contributed by atoms with Crippen molar-refractivity contribution in [2.45, 2.75) is 26.7 Å². The smallest absolute Gasteiger partial charge is 0.148 e. The summed E-state index contributed by atoms with van der Waals surface area (Å²) >= 11 is 0. The molecule has 0 aliphatic carbocycles. The van der Waals surface area contributed by atoms with Crippen molar-refractivity contribution >= 4 is 5.69 Å². The lowest BCUT2D eigenvalue weighted by Crippen LogP contribution is -2.06. The van der Waals surface area contributed by atoms with E-state index in [1.54, 1.807) is 16.8 Å². The Balaban J connectivity index is 2.59. The summed E-state index contributed by atoms with van der Waals surface area (Å²) in [6.07, 6.45) is 1.69. The average molecular weight is 233 g/mol. The number of aromatic nitrogens is 2. The molecule has 17 heavy (non-hydrogen) atoms. The minimum absolute atomic E-state index is 0.146. The Labute approximate surface area is 100 Å². The molecule has 0 saturated carbocycles. The van der Waals surface area contributed by atoms with E-state index >= 15 is 0 Å². The van der Waals surface area contributed by atoms with Crippen LogP contribution in [0.1, 0.15) is 25.2 Å². The number of para-hydroxylation sites is 1. The van der Waals surface area contributed by atoms with Gasteiger partial charge < -0.3 is 5.73 Å². The molecule has 0 aliphatic rings. The highest BCUT2D eigenvalue weighted by Gasteiger charge is 2.11. The van der Waals surface area contributed by atoms with Crippen LogP contribution in [-0.2, 0) is 12.8 Å². The van der Waals surface area contributed by atoms with Crippen LogP contribution in [0.2, 0.25) is 0 Å². The lowest BCUT2D eigenvalue weighted by Gasteiger charge is -2.09. The molecule has 0 unspecified atom stereocenters. The first-order valence-electron chi connectivity index (χ1n) is 5.79. The molecule has 90 valence electrons. The second-order valence-electron chi connectivity index (χ2n) is 3.92. The maximum atomic E-state index is 13.4. The van der Waals surface area contributed by atoms with E-state index in [0.29, 0.717) is 5.69 Å². The third-order valence-electron chi connectivity index (χ3n) is 2.82. The van der Waals surface area contributed by atoms with E-state index in [4.69, 9.17) is 5.73 Å². The Bertz CT molecular complexity index is 531. The predicted octanol–water partition coefficient (Wildman–Crippen LogP) is 2.72. The van der Waals surface area contributed by atoms with Gasteiger partial charge in [0.05, 0.1) is 17.1 Å². The molecule has 0 saturated heterocycles. The number of nitrogens with two attached hydrogens (primary N) is 1. The Hall–Kier alpha value is -1.84. The molecule has 3 nitrogen and oxygen atoms in total. The molecule has 2 N–H and O–H groups in total. The topological polar surface area (TPSA) is 43.8 Å². The molecule has 0 bridgehead atoms. The number of benzene rings is 1. The van der Waals surface area contributed by atoms with E-state index in [9.17, 15) is 4.39 Å². The molecule has 1 aromatic carbocycles. The summed E-state index contributed by atoms with van der Waals surface area (Å²) < 4.78 is 15.2. The van der Waals surface area contributed by atoms with Crippen LogP contribution >= 0.6 is 0 Å². The zero-order chi connectivity index (χ0) is 12.4. The molecule has 0 atom stereocenters. The largest absolute Gasteiger partial charge is 0.395 e. The Kier molecular flexibility index (Phi) is 3.13. The molecule has 0 fully saturated rings. The van der Waals surface area contributed by atoms with Crippen LogP contribution < -0.4 is 5.73 Å². The van der Waals surface area contributed by atoms with Crippen molar-refractivity contribution in [3.8, 4) is 5.69 Å². The van der Waals surface area contributed by atoms with Crippen molar-refractivity contribution in [1.82, 2.24) is 9.78 Å². The van der Waals surface area contributed by atoms with E-state index in [0.717, 1.165) is 24.2 Å². The summed E-state index contributed by atoms with van der Waals surface area (Å²) in [6, 6.07) is 6.82. The van der Waals surface area contributed by atoms with E-state index in [1.807, 2.05) is 19.9 Å². The van der Waals surface area contributed by atoms with Crippen LogP contribution in [0.15, 0.2) is 24.3 Å². The second kappa shape index (κ2) is 4.57. The van der Waals surface area contributed by atoms with Gasteiger partial charge in [0.1, 0.15) is 5.82 Å². The molecule has 2 aromatic rings. The maximum Gasteiger partial charge on any atom is 0.148 e. The Morgan fingerprint density at radius 2 is 2.06 bits per heavy atom. The maximum absolute atomic E-state index is 13.4. The minimum atomic E-state index is -0.405. The predicted molar refractivity (Wildman–Crippen MR) is 66.7 cm³/mol. The zero-order valence-corrected chi connectivity index (χ0v) is 10.1. The van der Waals surface area contributed by atoms with Crippen LogP contribution in [0.25, 0.3) is 5.69 Å². The van der Waals surface area contributed by atoms with Crippen LogP contribution in [0.4, 0.5) is 10.1 Å².